The highest BCUT2D eigenvalue weighted by Gasteiger charge is 2.23. The maximum absolute atomic E-state index is 13.0. The third-order valence-corrected chi connectivity index (χ3v) is 16.5. The zero-order valence-electron chi connectivity index (χ0n) is 52.6. The molecule has 2 N–H and O–H groups in total. The van der Waals surface area contributed by atoms with E-state index in [9.17, 15) is 19.4 Å². The van der Waals surface area contributed by atoms with Gasteiger partial charge in [0.1, 0.15) is 13.2 Å². The van der Waals surface area contributed by atoms with Gasteiger partial charge in [0.05, 0.1) is 39.9 Å². The minimum Gasteiger partial charge on any atom is -0.756 e. The van der Waals surface area contributed by atoms with Crippen molar-refractivity contribution in [2.75, 3.05) is 40.9 Å². The SMILES string of the molecule is CCCCCCCCC/C=C/CC/C=C/CC/C=C/C(O)C(COP(=O)([O-])OCC[N+](C)(C)C)NC(=O)CCCCCCCCCCCCCCCCCCCCCCCCCCCCC/C=C\CCCCCCCCCC. The van der Waals surface area contributed by atoms with Gasteiger partial charge < -0.3 is 28.8 Å². The summed E-state index contributed by atoms with van der Waals surface area (Å²) in [5.74, 6) is -0.206. The van der Waals surface area contributed by atoms with Gasteiger partial charge in [-0.2, -0.15) is 0 Å². The molecular weight excluding hydrogens is 984 g/mol. The molecule has 460 valence electrons. The number of allylic oxidation sites excluding steroid dienone is 7. The summed E-state index contributed by atoms with van der Waals surface area (Å²) in [6, 6.07) is -0.909. The maximum Gasteiger partial charge on any atom is 0.268 e. The van der Waals surface area contributed by atoms with Crippen molar-refractivity contribution in [1.82, 2.24) is 5.32 Å². The number of phosphoric acid groups is 1. The molecule has 0 saturated heterocycles. The first kappa shape index (κ1) is 76.5. The van der Waals surface area contributed by atoms with Crippen molar-refractivity contribution in [3.05, 3.63) is 48.6 Å². The van der Waals surface area contributed by atoms with Crippen LogP contribution >= 0.6 is 7.82 Å². The lowest BCUT2D eigenvalue weighted by Crippen LogP contribution is -2.45. The smallest absolute Gasteiger partial charge is 0.268 e. The van der Waals surface area contributed by atoms with Crippen molar-refractivity contribution in [3.63, 3.8) is 0 Å². The van der Waals surface area contributed by atoms with Crippen molar-refractivity contribution in [2.45, 2.75) is 347 Å². The van der Waals surface area contributed by atoms with E-state index in [0.29, 0.717) is 17.4 Å². The first-order valence-corrected chi connectivity index (χ1v) is 35.5. The number of nitrogens with zero attached hydrogens (tertiary/aromatic N) is 1. The number of hydrogen-bond donors (Lipinski definition) is 2. The van der Waals surface area contributed by atoms with Crippen LogP contribution in [0.5, 0.6) is 0 Å². The number of aliphatic hydroxyl groups is 1. The van der Waals surface area contributed by atoms with Gasteiger partial charge in [-0.3, -0.25) is 9.36 Å². The molecule has 8 nitrogen and oxygen atoms in total. The molecule has 0 aromatic heterocycles. The normalized spacial score (nSPS) is 14.0. The molecule has 0 saturated carbocycles. The second-order valence-electron chi connectivity index (χ2n) is 24.5. The molecule has 0 radical (unpaired) electrons. The van der Waals surface area contributed by atoms with Crippen LogP contribution in [0.2, 0.25) is 0 Å². The minimum absolute atomic E-state index is 0.00801. The van der Waals surface area contributed by atoms with E-state index in [0.717, 1.165) is 44.9 Å². The van der Waals surface area contributed by atoms with E-state index in [1.807, 2.05) is 27.2 Å². The van der Waals surface area contributed by atoms with Crippen LogP contribution < -0.4 is 10.2 Å². The molecule has 0 aliphatic heterocycles. The summed E-state index contributed by atoms with van der Waals surface area (Å²) in [5, 5.41) is 13.9. The van der Waals surface area contributed by atoms with Gasteiger partial charge in [0.2, 0.25) is 5.91 Å². The van der Waals surface area contributed by atoms with E-state index >= 15 is 0 Å². The average molecular weight is 1120 g/mol. The number of likely N-dealkylation sites (N-methyl/N-ethyl adjacent to an activating group) is 1. The van der Waals surface area contributed by atoms with Crippen LogP contribution in [-0.2, 0) is 18.4 Å². The molecule has 78 heavy (non-hydrogen) atoms. The number of nitrogens with one attached hydrogen (secondary N) is 1. The molecule has 0 aliphatic carbocycles. The van der Waals surface area contributed by atoms with Gasteiger partial charge >= 0.3 is 0 Å². The number of hydrogen-bond acceptors (Lipinski definition) is 6. The first-order chi connectivity index (χ1) is 38.0. The highest BCUT2D eigenvalue weighted by Crippen LogP contribution is 2.38. The summed E-state index contributed by atoms with van der Waals surface area (Å²) in [4.78, 5) is 25.5. The second-order valence-corrected chi connectivity index (χ2v) is 25.9. The van der Waals surface area contributed by atoms with Crippen LogP contribution in [0.25, 0.3) is 0 Å². The van der Waals surface area contributed by atoms with Gasteiger partial charge in [0.25, 0.3) is 7.82 Å². The van der Waals surface area contributed by atoms with Gasteiger partial charge in [-0.1, -0.05) is 306 Å². The van der Waals surface area contributed by atoms with Crippen LogP contribution in [0.4, 0.5) is 0 Å². The molecule has 3 unspecified atom stereocenters. The molecule has 0 aromatic carbocycles. The molecule has 0 aromatic rings. The highest BCUT2D eigenvalue weighted by atomic mass is 31.2. The highest BCUT2D eigenvalue weighted by molar-refractivity contribution is 7.45. The lowest BCUT2D eigenvalue weighted by atomic mass is 10.0. The predicted molar refractivity (Wildman–Crippen MR) is 339 cm³/mol. The van der Waals surface area contributed by atoms with Gasteiger partial charge in [0.15, 0.2) is 0 Å². The fraction of sp³-hybridized carbons (Fsp3) is 0.870. The average Bonchev–Trinajstić information content (AvgIpc) is 3.41. The van der Waals surface area contributed by atoms with Crippen molar-refractivity contribution in [3.8, 4) is 0 Å². The monoisotopic (exact) mass is 1120 g/mol. The van der Waals surface area contributed by atoms with E-state index < -0.39 is 26.6 Å². The summed E-state index contributed by atoms with van der Waals surface area (Å²) in [6.07, 6.45) is 81.1. The van der Waals surface area contributed by atoms with Crippen LogP contribution in [0.1, 0.15) is 335 Å². The summed E-state index contributed by atoms with van der Waals surface area (Å²) in [7, 11) is 1.25. The Morgan fingerprint density at radius 3 is 1.04 bits per heavy atom. The molecule has 0 bridgehead atoms. The number of phosphoric ester groups is 1. The largest absolute Gasteiger partial charge is 0.756 e. The van der Waals surface area contributed by atoms with E-state index in [1.165, 1.54) is 270 Å². The van der Waals surface area contributed by atoms with E-state index in [4.69, 9.17) is 9.05 Å². The Labute approximate surface area is 486 Å². The molecule has 0 spiro atoms. The molecule has 0 aliphatic rings. The second kappa shape index (κ2) is 60.1. The lowest BCUT2D eigenvalue weighted by molar-refractivity contribution is -0.870. The number of carbonyl (C=O) groups excluding carboxylic acids is 1. The van der Waals surface area contributed by atoms with E-state index in [1.54, 1.807) is 6.08 Å². The lowest BCUT2D eigenvalue weighted by Gasteiger charge is -2.29. The van der Waals surface area contributed by atoms with Crippen molar-refractivity contribution in [1.29, 1.82) is 0 Å². The maximum atomic E-state index is 13.0. The first-order valence-electron chi connectivity index (χ1n) is 34.0. The number of rotatable bonds is 63. The topological polar surface area (TPSA) is 108 Å². The molecule has 0 heterocycles. The standard InChI is InChI=1S/C69H133N2O6P/c1-6-8-10-12-14-16-18-20-22-24-25-26-27-28-29-30-31-32-33-34-35-36-37-38-39-40-41-42-43-44-45-47-49-51-53-55-57-59-61-63-69(73)70-67(66-77-78(74,75)76-65-64-71(3,4)5)68(72)62-60-58-56-54-52-50-48-46-23-21-19-17-15-13-11-9-7-2/h23-25,46,52,54,60,62,67-68,72H,6-22,26-45,47-51,53,55-59,61,63-66H2,1-5H3,(H-,70,73,74,75)/b25-24-,46-23+,54-52+,62-60+. The third-order valence-electron chi connectivity index (χ3n) is 15.5. The summed E-state index contributed by atoms with van der Waals surface area (Å²) >= 11 is 0. The zero-order chi connectivity index (χ0) is 57.0. The molecule has 1 amide bonds. The number of unbranched alkanes of at least 4 members (excludes halogenated alkanes) is 44. The summed E-state index contributed by atoms with van der Waals surface area (Å²) in [5.41, 5.74) is 0. The Balaban J connectivity index is 3.93. The fourth-order valence-corrected chi connectivity index (χ4v) is 10.9. The van der Waals surface area contributed by atoms with E-state index in [2.05, 4.69) is 55.6 Å². The molecular formula is C69H133N2O6P. The number of quaternary nitrogens is 1. The van der Waals surface area contributed by atoms with Gasteiger partial charge in [-0.25, -0.2) is 0 Å². The predicted octanol–water partition coefficient (Wildman–Crippen LogP) is 20.8. The number of carbonyl (C=O) groups is 1. The molecule has 0 rings (SSSR count). The van der Waals surface area contributed by atoms with Crippen molar-refractivity contribution >= 4 is 13.7 Å². The summed E-state index contributed by atoms with van der Waals surface area (Å²) in [6.45, 7) is 4.65. The Morgan fingerprint density at radius 1 is 0.436 bits per heavy atom. The quantitative estimate of drug-likeness (QED) is 0.0272. The van der Waals surface area contributed by atoms with Gasteiger partial charge in [0, 0.05) is 6.42 Å². The van der Waals surface area contributed by atoms with Crippen LogP contribution in [0.3, 0.4) is 0 Å². The van der Waals surface area contributed by atoms with E-state index in [-0.39, 0.29) is 12.5 Å². The Bertz CT molecular complexity index is 1410. The van der Waals surface area contributed by atoms with Gasteiger partial charge in [-0.15, -0.1) is 0 Å². The Morgan fingerprint density at radius 2 is 0.718 bits per heavy atom. The van der Waals surface area contributed by atoms with Crippen molar-refractivity contribution in [2.24, 2.45) is 0 Å². The van der Waals surface area contributed by atoms with Gasteiger partial charge in [-0.05, 0) is 70.6 Å². The molecule has 9 heteroatoms. The Kier molecular flexibility index (Phi) is 58.9. The minimum atomic E-state index is -4.61. The Hall–Kier alpha value is -1.54. The van der Waals surface area contributed by atoms with Crippen LogP contribution in [0, 0.1) is 0 Å². The fourth-order valence-electron chi connectivity index (χ4n) is 10.2. The van der Waals surface area contributed by atoms with Crippen molar-refractivity contribution < 1.29 is 32.9 Å². The molecule has 0 fully saturated rings. The third kappa shape index (κ3) is 62.1. The van der Waals surface area contributed by atoms with Crippen LogP contribution in [0.15, 0.2) is 48.6 Å². The molecule has 3 atom stereocenters. The number of aliphatic hydroxyl groups excluding tert-OH is 1. The van der Waals surface area contributed by atoms with Crippen LogP contribution in [-0.4, -0.2) is 68.5 Å². The summed E-state index contributed by atoms with van der Waals surface area (Å²) < 4.78 is 23.4. The zero-order valence-corrected chi connectivity index (χ0v) is 53.5. The number of amides is 1.